The molecule has 0 saturated carbocycles. The quantitative estimate of drug-likeness (QED) is 0.265. The average Bonchev–Trinajstić information content (AvgIpc) is 3.38. The fraction of sp³-hybridized carbons (Fsp3) is 0.484. The average molecular weight is 599 g/mol. The third-order valence-electron chi connectivity index (χ3n) is 7.99. The minimum Gasteiger partial charge on any atom is -0.482 e. The number of fused-ring (bicyclic) bond motifs is 1. The molecule has 5 rings (SSSR count). The molecule has 0 unspecified atom stereocenters. The summed E-state index contributed by atoms with van der Waals surface area (Å²) in [6.45, 7) is 3.82. The molecule has 2 aromatic carbocycles. The lowest BCUT2D eigenvalue weighted by atomic mass is 10.1. The number of unbranched alkanes of at least 4 members (excludes halogenated alkanes) is 5. The van der Waals surface area contributed by atoms with Crippen molar-refractivity contribution in [2.24, 2.45) is 0 Å². The molecule has 0 radical (unpaired) electrons. The van der Waals surface area contributed by atoms with Gasteiger partial charge in [-0.25, -0.2) is 8.42 Å². The SMILES string of the molecule is CCCCCCCCS(=O)(=O)N1CCN(c2cnn(-c3cccc(Cl)c3)c(=O)c2OC2Cc3ccccc3C2)CC1. The molecule has 0 amide bonds. The number of hydrogen-bond donors (Lipinski definition) is 0. The normalized spacial score (nSPS) is 16.2. The highest BCUT2D eigenvalue weighted by molar-refractivity contribution is 7.89. The van der Waals surface area contributed by atoms with Crippen molar-refractivity contribution >= 4 is 27.3 Å². The number of aromatic nitrogens is 2. The molecule has 10 heteroatoms. The molecule has 1 aromatic heterocycles. The third-order valence-corrected chi connectivity index (χ3v) is 10.2. The largest absolute Gasteiger partial charge is 0.482 e. The van der Waals surface area contributed by atoms with Gasteiger partial charge in [0.1, 0.15) is 11.8 Å². The smallest absolute Gasteiger partial charge is 0.316 e. The molecule has 2 heterocycles. The van der Waals surface area contributed by atoms with Gasteiger partial charge in [0.05, 0.1) is 17.6 Å². The van der Waals surface area contributed by atoms with Crippen LogP contribution in [0.2, 0.25) is 5.02 Å². The van der Waals surface area contributed by atoms with Crippen LogP contribution in [0.1, 0.15) is 56.6 Å². The molecule has 0 N–H and O–H groups in total. The van der Waals surface area contributed by atoms with Crippen molar-refractivity contribution in [1.29, 1.82) is 0 Å². The van der Waals surface area contributed by atoms with Crippen LogP contribution in [0, 0.1) is 0 Å². The highest BCUT2D eigenvalue weighted by atomic mass is 35.5. The van der Waals surface area contributed by atoms with Gasteiger partial charge in [-0.05, 0) is 35.7 Å². The van der Waals surface area contributed by atoms with Crippen LogP contribution in [0.4, 0.5) is 5.69 Å². The summed E-state index contributed by atoms with van der Waals surface area (Å²) in [4.78, 5) is 15.9. The van der Waals surface area contributed by atoms with Gasteiger partial charge in [0.15, 0.2) is 0 Å². The maximum Gasteiger partial charge on any atom is 0.316 e. The number of halogens is 1. The molecule has 0 atom stereocenters. The van der Waals surface area contributed by atoms with E-state index in [1.165, 1.54) is 28.7 Å². The van der Waals surface area contributed by atoms with Gasteiger partial charge in [-0.3, -0.25) is 4.79 Å². The first-order chi connectivity index (χ1) is 19.9. The Hall–Kier alpha value is -2.88. The first kappa shape index (κ1) is 29.6. The zero-order valence-corrected chi connectivity index (χ0v) is 25.2. The van der Waals surface area contributed by atoms with Crippen LogP contribution in [-0.2, 0) is 22.9 Å². The lowest BCUT2D eigenvalue weighted by Gasteiger charge is -2.36. The van der Waals surface area contributed by atoms with Crippen LogP contribution in [0.15, 0.2) is 59.5 Å². The highest BCUT2D eigenvalue weighted by Gasteiger charge is 2.31. The fourth-order valence-electron chi connectivity index (χ4n) is 5.73. The lowest BCUT2D eigenvalue weighted by molar-refractivity contribution is 0.209. The number of ether oxygens (including phenoxy) is 1. The van der Waals surface area contributed by atoms with Crippen LogP contribution in [0.25, 0.3) is 5.69 Å². The van der Waals surface area contributed by atoms with E-state index >= 15 is 0 Å². The number of rotatable bonds is 12. The van der Waals surface area contributed by atoms with Gasteiger partial charge in [-0.1, -0.05) is 81.0 Å². The Labute approximate surface area is 247 Å². The van der Waals surface area contributed by atoms with Crippen molar-refractivity contribution in [2.45, 2.75) is 64.4 Å². The summed E-state index contributed by atoms with van der Waals surface area (Å²) in [6, 6.07) is 15.2. The van der Waals surface area contributed by atoms with Crippen LogP contribution in [0.3, 0.4) is 0 Å². The van der Waals surface area contributed by atoms with Gasteiger partial charge < -0.3 is 9.64 Å². The molecule has 220 valence electrons. The van der Waals surface area contributed by atoms with Crippen molar-refractivity contribution < 1.29 is 13.2 Å². The van der Waals surface area contributed by atoms with Gasteiger partial charge in [0.25, 0.3) is 0 Å². The zero-order chi connectivity index (χ0) is 28.8. The van der Waals surface area contributed by atoms with Crippen molar-refractivity contribution in [2.75, 3.05) is 36.8 Å². The van der Waals surface area contributed by atoms with Crippen LogP contribution in [-0.4, -0.2) is 60.5 Å². The molecule has 0 bridgehead atoms. The van der Waals surface area contributed by atoms with Gasteiger partial charge in [0, 0.05) is 44.0 Å². The summed E-state index contributed by atoms with van der Waals surface area (Å²) >= 11 is 6.20. The monoisotopic (exact) mass is 598 g/mol. The Morgan fingerprint density at radius 3 is 2.29 bits per heavy atom. The van der Waals surface area contributed by atoms with E-state index in [0.29, 0.717) is 49.0 Å². The molecule has 8 nitrogen and oxygen atoms in total. The van der Waals surface area contributed by atoms with E-state index < -0.39 is 10.0 Å². The van der Waals surface area contributed by atoms with E-state index in [-0.39, 0.29) is 23.2 Å². The predicted octanol–water partition coefficient (Wildman–Crippen LogP) is 5.24. The Kier molecular flexibility index (Phi) is 9.68. The molecule has 1 aliphatic heterocycles. The molecule has 0 spiro atoms. The van der Waals surface area contributed by atoms with Crippen molar-refractivity contribution in [3.63, 3.8) is 0 Å². The van der Waals surface area contributed by atoms with E-state index in [1.54, 1.807) is 34.8 Å². The number of sulfonamides is 1. The minimum atomic E-state index is -3.31. The number of anilines is 1. The molecule has 41 heavy (non-hydrogen) atoms. The van der Waals surface area contributed by atoms with Crippen LogP contribution >= 0.6 is 11.6 Å². The molecule has 1 saturated heterocycles. The summed E-state index contributed by atoms with van der Waals surface area (Å²) < 4.78 is 35.4. The standard InChI is InChI=1S/C31H39ClN4O4S/c1-2-3-4-5-6-9-19-41(38,39)35-17-15-34(16-18-35)29-23-33-36(27-14-10-13-26(32)22-27)31(37)30(29)40-28-20-24-11-7-8-12-25(24)21-28/h7-8,10-14,22-23,28H,2-6,9,15-21H2,1H3. The summed E-state index contributed by atoms with van der Waals surface area (Å²) in [6.07, 6.45) is 9.18. The predicted molar refractivity (Wildman–Crippen MR) is 164 cm³/mol. The second kappa shape index (κ2) is 13.4. The summed E-state index contributed by atoms with van der Waals surface area (Å²) in [5.74, 6) is 0.425. The zero-order valence-electron chi connectivity index (χ0n) is 23.7. The highest BCUT2D eigenvalue weighted by Crippen LogP contribution is 2.31. The van der Waals surface area contributed by atoms with E-state index in [0.717, 1.165) is 32.1 Å². The summed E-state index contributed by atoms with van der Waals surface area (Å²) in [5.41, 5.74) is 3.25. The molecule has 1 aliphatic carbocycles. The van der Waals surface area contributed by atoms with E-state index in [4.69, 9.17) is 16.3 Å². The van der Waals surface area contributed by atoms with Crippen LogP contribution < -0.4 is 15.2 Å². The molecule has 3 aromatic rings. The third kappa shape index (κ3) is 7.13. The Bertz CT molecular complexity index is 1480. The first-order valence-electron chi connectivity index (χ1n) is 14.7. The second-order valence-corrected chi connectivity index (χ2v) is 13.5. The summed E-state index contributed by atoms with van der Waals surface area (Å²) in [5, 5.41) is 4.98. The van der Waals surface area contributed by atoms with Crippen molar-refractivity contribution in [3.05, 3.63) is 81.2 Å². The number of hydrogen-bond acceptors (Lipinski definition) is 6. The summed E-state index contributed by atoms with van der Waals surface area (Å²) in [7, 11) is -3.31. The van der Waals surface area contributed by atoms with Gasteiger partial charge in [0.2, 0.25) is 15.8 Å². The Morgan fingerprint density at radius 1 is 0.927 bits per heavy atom. The van der Waals surface area contributed by atoms with Crippen molar-refractivity contribution in [3.8, 4) is 11.4 Å². The molecular weight excluding hydrogens is 560 g/mol. The number of benzene rings is 2. The van der Waals surface area contributed by atoms with Gasteiger partial charge in [-0.2, -0.15) is 14.1 Å². The van der Waals surface area contributed by atoms with Gasteiger partial charge in [-0.15, -0.1) is 0 Å². The number of piperazine rings is 1. The first-order valence-corrected chi connectivity index (χ1v) is 16.7. The topological polar surface area (TPSA) is 84.7 Å². The van der Waals surface area contributed by atoms with Gasteiger partial charge >= 0.3 is 5.56 Å². The Morgan fingerprint density at radius 2 is 1.61 bits per heavy atom. The maximum atomic E-state index is 13.8. The second-order valence-electron chi connectivity index (χ2n) is 10.9. The number of nitrogens with zero attached hydrogens (tertiary/aromatic N) is 4. The minimum absolute atomic E-state index is 0.173. The van der Waals surface area contributed by atoms with E-state index in [2.05, 4.69) is 24.2 Å². The molecule has 2 aliphatic rings. The lowest BCUT2D eigenvalue weighted by Crippen LogP contribution is -2.49. The maximum absolute atomic E-state index is 13.8. The van der Waals surface area contributed by atoms with E-state index in [9.17, 15) is 13.2 Å². The molecular formula is C31H39ClN4O4S. The Balaban J connectivity index is 1.32. The van der Waals surface area contributed by atoms with Crippen molar-refractivity contribution in [1.82, 2.24) is 14.1 Å². The van der Waals surface area contributed by atoms with E-state index in [1.807, 2.05) is 17.0 Å². The molecule has 1 fully saturated rings. The van der Waals surface area contributed by atoms with Crippen LogP contribution in [0.5, 0.6) is 5.75 Å². The fourth-order valence-corrected chi connectivity index (χ4v) is 7.46.